The third-order valence-electron chi connectivity index (χ3n) is 3.58. The third-order valence-corrected chi connectivity index (χ3v) is 6.29. The summed E-state index contributed by atoms with van der Waals surface area (Å²) >= 11 is 8.30. The van der Waals surface area contributed by atoms with Crippen LogP contribution in [0.1, 0.15) is 0 Å². The van der Waals surface area contributed by atoms with Gasteiger partial charge in [0.2, 0.25) is 0 Å². The fourth-order valence-corrected chi connectivity index (χ4v) is 4.36. The Balaban J connectivity index is 1.75. The summed E-state index contributed by atoms with van der Waals surface area (Å²) in [5.41, 5.74) is 0. The smallest absolute Gasteiger partial charge is 0.365 e. The molecular weight excluding hydrogens is 465 g/mol. The summed E-state index contributed by atoms with van der Waals surface area (Å²) in [6.07, 6.45) is -4.25. The number of ether oxygens (including phenoxy) is 1. The van der Waals surface area contributed by atoms with Gasteiger partial charge in [-0.05, 0) is 31.9 Å². The van der Waals surface area contributed by atoms with E-state index in [-0.39, 0.29) is 18.2 Å². The number of rotatable bonds is 2. The molecule has 3 heterocycles. The van der Waals surface area contributed by atoms with E-state index >= 15 is 0 Å². The molecule has 2 aliphatic rings. The monoisotopic (exact) mass is 476 g/mol. The lowest BCUT2D eigenvalue weighted by atomic mass is 10.3. The summed E-state index contributed by atoms with van der Waals surface area (Å²) in [7, 11) is 1.91. The lowest BCUT2D eigenvalue weighted by Crippen LogP contribution is -2.49. The number of thiazole rings is 1. The van der Waals surface area contributed by atoms with Crippen LogP contribution in [0.4, 0.5) is 24.1 Å². The van der Waals surface area contributed by atoms with Crippen LogP contribution >= 0.6 is 43.2 Å². The van der Waals surface area contributed by atoms with Crippen LogP contribution in [-0.2, 0) is 4.74 Å². The van der Waals surface area contributed by atoms with Gasteiger partial charge < -0.3 is 14.5 Å². The fourth-order valence-electron chi connectivity index (χ4n) is 2.27. The molecule has 5 nitrogen and oxygen atoms in total. The summed E-state index contributed by atoms with van der Waals surface area (Å²) in [6.45, 7) is 0.211. The van der Waals surface area contributed by atoms with Crippen molar-refractivity contribution in [1.29, 1.82) is 0 Å². The van der Waals surface area contributed by atoms with Gasteiger partial charge in [0.25, 0.3) is 0 Å². The predicted molar refractivity (Wildman–Crippen MR) is 90.1 cm³/mol. The molecule has 3 rings (SSSR count). The van der Waals surface area contributed by atoms with Gasteiger partial charge in [0.1, 0.15) is 5.82 Å². The van der Waals surface area contributed by atoms with Crippen LogP contribution in [0.2, 0.25) is 0 Å². The maximum absolute atomic E-state index is 12.8. The molecule has 1 aromatic heterocycles. The highest BCUT2D eigenvalue weighted by Crippen LogP contribution is 2.36. The number of alkyl halides is 4. The topological polar surface area (TPSA) is 31.8 Å². The Morgan fingerprint density at radius 1 is 1.43 bits per heavy atom. The molecule has 23 heavy (non-hydrogen) atoms. The number of aromatic nitrogens is 1. The summed E-state index contributed by atoms with van der Waals surface area (Å²) in [6, 6.07) is 0. The van der Waals surface area contributed by atoms with Crippen molar-refractivity contribution in [3.05, 3.63) is 16.2 Å². The Bertz CT molecular complexity index is 611. The van der Waals surface area contributed by atoms with E-state index in [0.717, 1.165) is 4.61 Å². The Morgan fingerprint density at radius 3 is 2.78 bits per heavy atom. The zero-order valence-electron chi connectivity index (χ0n) is 11.9. The Morgan fingerprint density at radius 2 is 2.17 bits per heavy atom. The molecule has 1 saturated heterocycles. The number of anilines is 2. The first-order valence-corrected chi connectivity index (χ1v) is 9.27. The Hall–Kier alpha value is -0.520. The molecule has 1 fully saturated rings. The second-order valence-electron chi connectivity index (χ2n) is 5.12. The molecule has 11 heteroatoms. The maximum atomic E-state index is 12.8. The van der Waals surface area contributed by atoms with E-state index in [1.54, 1.807) is 4.90 Å². The second-order valence-corrected chi connectivity index (χ2v) is 7.58. The first-order chi connectivity index (χ1) is 10.8. The summed E-state index contributed by atoms with van der Waals surface area (Å²) < 4.78 is 44.2. The van der Waals surface area contributed by atoms with Crippen LogP contribution in [-0.4, -0.2) is 54.0 Å². The minimum Gasteiger partial charge on any atom is -0.365 e. The van der Waals surface area contributed by atoms with Crippen LogP contribution < -0.4 is 9.80 Å². The van der Waals surface area contributed by atoms with Gasteiger partial charge in [0.15, 0.2) is 16.3 Å². The number of halogens is 5. The molecule has 0 saturated carbocycles. The van der Waals surface area contributed by atoms with Gasteiger partial charge in [-0.1, -0.05) is 0 Å². The van der Waals surface area contributed by atoms with E-state index in [4.69, 9.17) is 4.74 Å². The quantitative estimate of drug-likeness (QED) is 0.480. The molecular formula is C12H13Br2F3N4OS. The van der Waals surface area contributed by atoms with Gasteiger partial charge in [-0.15, -0.1) is 11.3 Å². The largest absolute Gasteiger partial charge is 0.416 e. The van der Waals surface area contributed by atoms with Crippen molar-refractivity contribution in [3.8, 4) is 0 Å². The van der Waals surface area contributed by atoms with E-state index < -0.39 is 12.3 Å². The summed E-state index contributed by atoms with van der Waals surface area (Å²) in [5.74, 6) is 0.684. The minimum atomic E-state index is -4.36. The first kappa shape index (κ1) is 17.3. The van der Waals surface area contributed by atoms with E-state index in [2.05, 4.69) is 36.8 Å². The second kappa shape index (κ2) is 6.41. The molecule has 1 aromatic rings. The summed E-state index contributed by atoms with van der Waals surface area (Å²) in [4.78, 5) is 9.95. The molecule has 0 spiro atoms. The van der Waals surface area contributed by atoms with E-state index in [1.165, 1.54) is 11.3 Å². The molecule has 2 unspecified atom stereocenters. The first-order valence-electron chi connectivity index (χ1n) is 6.68. The van der Waals surface area contributed by atoms with Crippen molar-refractivity contribution in [2.75, 3.05) is 36.5 Å². The van der Waals surface area contributed by atoms with Crippen molar-refractivity contribution in [3.63, 3.8) is 0 Å². The van der Waals surface area contributed by atoms with Gasteiger partial charge in [0.05, 0.1) is 17.8 Å². The number of nitrogens with zero attached hydrogens (tertiary/aromatic N) is 4. The van der Waals surface area contributed by atoms with E-state index in [0.29, 0.717) is 17.5 Å². The van der Waals surface area contributed by atoms with Gasteiger partial charge in [-0.25, -0.2) is 4.98 Å². The van der Waals surface area contributed by atoms with Crippen molar-refractivity contribution in [2.45, 2.75) is 17.4 Å². The Labute approximate surface area is 151 Å². The van der Waals surface area contributed by atoms with Crippen molar-refractivity contribution in [1.82, 2.24) is 9.88 Å². The van der Waals surface area contributed by atoms with E-state index in [9.17, 15) is 13.2 Å². The van der Waals surface area contributed by atoms with Gasteiger partial charge in [-0.3, -0.25) is 4.90 Å². The number of hydrogen-bond acceptors (Lipinski definition) is 6. The van der Waals surface area contributed by atoms with Gasteiger partial charge in [-0.2, -0.15) is 13.2 Å². The highest BCUT2D eigenvalue weighted by molar-refractivity contribution is 9.12. The standard InChI is InChI=1S/C12H13Br2F3N4OS/c1-19-8(13)5-21(10(19)14)9-6-23-11(18-9)20-2-3-22-7(4-20)12(15,16)17/h5-7,10H,2-4H2,1H3. The maximum Gasteiger partial charge on any atom is 0.416 e. The fraction of sp³-hybridized carbons (Fsp3) is 0.583. The lowest BCUT2D eigenvalue weighted by molar-refractivity contribution is -0.221. The molecule has 0 bridgehead atoms. The third kappa shape index (κ3) is 3.47. The van der Waals surface area contributed by atoms with Crippen LogP contribution in [0.25, 0.3) is 0 Å². The number of hydrogen-bond donors (Lipinski definition) is 0. The molecule has 0 radical (unpaired) electrons. The predicted octanol–water partition coefficient (Wildman–Crippen LogP) is 3.53. The molecule has 0 aliphatic carbocycles. The lowest BCUT2D eigenvalue weighted by Gasteiger charge is -2.33. The van der Waals surface area contributed by atoms with Gasteiger partial charge >= 0.3 is 6.18 Å². The molecule has 0 aromatic carbocycles. The zero-order chi connectivity index (χ0) is 16.8. The van der Waals surface area contributed by atoms with Crippen LogP contribution in [0.5, 0.6) is 0 Å². The normalized spacial score (nSPS) is 26.0. The highest BCUT2D eigenvalue weighted by atomic mass is 79.9. The van der Waals surface area contributed by atoms with Crippen molar-refractivity contribution in [2.24, 2.45) is 0 Å². The summed E-state index contributed by atoms with van der Waals surface area (Å²) in [5, 5.41) is 2.30. The average molecular weight is 478 g/mol. The molecule has 128 valence electrons. The Kier molecular flexibility index (Phi) is 4.83. The SMILES string of the molecule is CN1C(Br)=CN(c2csc(N3CCOC(C(F)(F)F)C3)n2)C1Br. The van der Waals surface area contributed by atoms with Crippen molar-refractivity contribution < 1.29 is 17.9 Å². The highest BCUT2D eigenvalue weighted by Gasteiger charge is 2.44. The molecule has 2 aliphatic heterocycles. The molecule has 0 amide bonds. The molecule has 0 N–H and O–H groups in total. The van der Waals surface area contributed by atoms with Crippen LogP contribution in [0.15, 0.2) is 16.2 Å². The molecule has 2 atom stereocenters. The van der Waals surface area contributed by atoms with E-state index in [1.807, 2.05) is 28.4 Å². The number of morpholine rings is 1. The van der Waals surface area contributed by atoms with Crippen LogP contribution in [0.3, 0.4) is 0 Å². The van der Waals surface area contributed by atoms with Crippen LogP contribution in [0, 0.1) is 0 Å². The zero-order valence-corrected chi connectivity index (χ0v) is 15.9. The van der Waals surface area contributed by atoms with Gasteiger partial charge in [0, 0.05) is 25.2 Å². The van der Waals surface area contributed by atoms with Crippen molar-refractivity contribution >= 4 is 54.1 Å². The average Bonchev–Trinajstić information content (AvgIpc) is 3.08. The minimum absolute atomic E-state index is 0.0397.